The molecular formula is C18H16ClF3N2O. The van der Waals surface area contributed by atoms with Crippen molar-refractivity contribution < 1.29 is 17.9 Å². The largest absolute Gasteiger partial charge is 0.459 e. The summed E-state index contributed by atoms with van der Waals surface area (Å²) in [5, 5.41) is 0.581. The van der Waals surface area contributed by atoms with Crippen molar-refractivity contribution in [2.24, 2.45) is 4.99 Å². The van der Waals surface area contributed by atoms with Gasteiger partial charge in [-0.05, 0) is 48.9 Å². The summed E-state index contributed by atoms with van der Waals surface area (Å²) in [5.41, 5.74) is 0.322. The number of hydrogen-bond donors (Lipinski definition) is 0. The standard InChI is InChI=1S/C18H16ClF3N2O/c1-2-16-11-24(15-5-3-4-12(10-15)18(20,21)22)17(25-16)23-14-8-6-13(19)7-9-14/h3-10,16H,2,11H2,1H3. The molecule has 0 N–H and O–H groups in total. The molecule has 132 valence electrons. The van der Waals surface area contributed by atoms with Crippen molar-refractivity contribution in [2.75, 3.05) is 11.4 Å². The van der Waals surface area contributed by atoms with Crippen molar-refractivity contribution in [3.05, 3.63) is 59.1 Å². The third-order valence-corrected chi connectivity index (χ3v) is 4.13. The van der Waals surface area contributed by atoms with E-state index in [1.807, 2.05) is 6.92 Å². The number of alkyl halides is 3. The molecule has 0 saturated carbocycles. The van der Waals surface area contributed by atoms with Gasteiger partial charge in [-0.25, -0.2) is 0 Å². The lowest BCUT2D eigenvalue weighted by Gasteiger charge is -2.17. The van der Waals surface area contributed by atoms with Crippen LogP contribution in [0.2, 0.25) is 5.02 Å². The third kappa shape index (κ3) is 4.07. The molecule has 1 heterocycles. The summed E-state index contributed by atoms with van der Waals surface area (Å²) in [7, 11) is 0. The number of aliphatic imine (C=N–C) groups is 1. The maximum atomic E-state index is 13.0. The molecule has 2 aromatic carbocycles. The molecule has 3 nitrogen and oxygen atoms in total. The maximum Gasteiger partial charge on any atom is 0.416 e. The van der Waals surface area contributed by atoms with E-state index in [9.17, 15) is 13.2 Å². The Morgan fingerprint density at radius 3 is 2.56 bits per heavy atom. The van der Waals surface area contributed by atoms with Crippen molar-refractivity contribution in [1.82, 2.24) is 0 Å². The Bertz CT molecular complexity index is 775. The molecule has 2 aromatic rings. The Balaban J connectivity index is 1.96. The Kier molecular flexibility index (Phi) is 4.90. The number of rotatable bonds is 3. The number of benzene rings is 2. The fourth-order valence-corrected chi connectivity index (χ4v) is 2.65. The summed E-state index contributed by atoms with van der Waals surface area (Å²) in [6, 6.07) is 12.3. The van der Waals surface area contributed by atoms with E-state index in [0.29, 0.717) is 22.9 Å². The van der Waals surface area contributed by atoms with Gasteiger partial charge in [-0.3, -0.25) is 4.90 Å². The number of anilines is 1. The third-order valence-electron chi connectivity index (χ3n) is 3.88. The first kappa shape index (κ1) is 17.6. The van der Waals surface area contributed by atoms with Gasteiger partial charge >= 0.3 is 6.18 Å². The van der Waals surface area contributed by atoms with Crippen LogP contribution in [0.1, 0.15) is 18.9 Å². The van der Waals surface area contributed by atoms with E-state index in [2.05, 4.69) is 4.99 Å². The van der Waals surface area contributed by atoms with Crippen LogP contribution in [0.4, 0.5) is 24.5 Å². The van der Waals surface area contributed by atoms with Gasteiger partial charge in [-0.2, -0.15) is 18.2 Å². The highest BCUT2D eigenvalue weighted by Gasteiger charge is 2.34. The molecule has 0 aliphatic carbocycles. The number of hydrogen-bond acceptors (Lipinski definition) is 2. The van der Waals surface area contributed by atoms with Gasteiger partial charge in [0.15, 0.2) is 0 Å². The van der Waals surface area contributed by atoms with E-state index in [1.165, 1.54) is 6.07 Å². The normalized spacial score (nSPS) is 19.3. The molecular weight excluding hydrogens is 353 g/mol. The second-order valence-electron chi connectivity index (χ2n) is 5.68. The second kappa shape index (κ2) is 6.96. The quantitative estimate of drug-likeness (QED) is 0.698. The minimum Gasteiger partial charge on any atom is -0.459 e. The van der Waals surface area contributed by atoms with Gasteiger partial charge in [0, 0.05) is 10.7 Å². The first-order valence-corrected chi connectivity index (χ1v) is 8.20. The van der Waals surface area contributed by atoms with Crippen molar-refractivity contribution >= 4 is 29.0 Å². The van der Waals surface area contributed by atoms with E-state index in [4.69, 9.17) is 16.3 Å². The summed E-state index contributed by atoms with van der Waals surface area (Å²) < 4.78 is 44.8. The molecule has 1 fully saturated rings. The lowest BCUT2D eigenvalue weighted by molar-refractivity contribution is -0.137. The van der Waals surface area contributed by atoms with Gasteiger partial charge in [0.1, 0.15) is 6.10 Å². The average Bonchev–Trinajstić information content (AvgIpc) is 2.99. The molecule has 0 radical (unpaired) electrons. The zero-order valence-electron chi connectivity index (χ0n) is 13.4. The van der Waals surface area contributed by atoms with Gasteiger partial charge in [0.05, 0.1) is 17.8 Å². The van der Waals surface area contributed by atoms with E-state index in [-0.39, 0.29) is 12.1 Å². The summed E-state index contributed by atoms with van der Waals surface area (Å²) in [5.74, 6) is 0. The molecule has 0 bridgehead atoms. The molecule has 1 saturated heterocycles. The summed E-state index contributed by atoms with van der Waals surface area (Å²) in [6.07, 6.45) is -3.79. The second-order valence-corrected chi connectivity index (χ2v) is 6.11. The van der Waals surface area contributed by atoms with Crippen LogP contribution in [-0.2, 0) is 10.9 Å². The minimum absolute atomic E-state index is 0.124. The van der Waals surface area contributed by atoms with Crippen LogP contribution in [0, 0.1) is 0 Å². The summed E-state index contributed by atoms with van der Waals surface area (Å²) >= 11 is 5.86. The monoisotopic (exact) mass is 368 g/mol. The fraction of sp³-hybridized carbons (Fsp3) is 0.278. The number of halogens is 4. The summed E-state index contributed by atoms with van der Waals surface area (Å²) in [4.78, 5) is 6.09. The number of ether oxygens (including phenoxy) is 1. The Morgan fingerprint density at radius 1 is 1.20 bits per heavy atom. The predicted octanol–water partition coefficient (Wildman–Crippen LogP) is 5.66. The first-order valence-electron chi connectivity index (χ1n) is 7.82. The van der Waals surface area contributed by atoms with Gasteiger partial charge in [0.25, 0.3) is 6.02 Å². The van der Waals surface area contributed by atoms with E-state index in [0.717, 1.165) is 18.6 Å². The van der Waals surface area contributed by atoms with E-state index >= 15 is 0 Å². The molecule has 1 atom stereocenters. The smallest absolute Gasteiger partial charge is 0.416 e. The molecule has 7 heteroatoms. The highest BCUT2D eigenvalue weighted by Crippen LogP contribution is 2.33. The van der Waals surface area contributed by atoms with E-state index in [1.54, 1.807) is 35.2 Å². The van der Waals surface area contributed by atoms with Crippen molar-refractivity contribution in [1.29, 1.82) is 0 Å². The van der Waals surface area contributed by atoms with E-state index < -0.39 is 11.7 Å². The molecule has 0 amide bonds. The lowest BCUT2D eigenvalue weighted by atomic mass is 10.1. The fourth-order valence-electron chi connectivity index (χ4n) is 2.52. The van der Waals surface area contributed by atoms with Crippen LogP contribution in [0.3, 0.4) is 0 Å². The van der Waals surface area contributed by atoms with Gasteiger partial charge in [-0.1, -0.05) is 24.6 Å². The van der Waals surface area contributed by atoms with Crippen molar-refractivity contribution in [2.45, 2.75) is 25.6 Å². The van der Waals surface area contributed by atoms with Crippen LogP contribution < -0.4 is 4.90 Å². The number of amidine groups is 1. The maximum absolute atomic E-state index is 13.0. The average molecular weight is 369 g/mol. The molecule has 1 aliphatic heterocycles. The highest BCUT2D eigenvalue weighted by molar-refractivity contribution is 6.30. The molecule has 0 spiro atoms. The molecule has 25 heavy (non-hydrogen) atoms. The van der Waals surface area contributed by atoms with Crippen molar-refractivity contribution in [3.63, 3.8) is 0 Å². The zero-order valence-corrected chi connectivity index (χ0v) is 14.2. The van der Waals surface area contributed by atoms with Crippen LogP contribution in [0.5, 0.6) is 0 Å². The SMILES string of the molecule is CCC1CN(c2cccc(C(F)(F)F)c2)C(=Nc2ccc(Cl)cc2)O1. The van der Waals surface area contributed by atoms with Gasteiger partial charge < -0.3 is 4.74 Å². The van der Waals surface area contributed by atoms with Crippen LogP contribution in [0.15, 0.2) is 53.5 Å². The summed E-state index contributed by atoms with van der Waals surface area (Å²) in [6.45, 7) is 2.41. The Hall–Kier alpha value is -2.21. The zero-order chi connectivity index (χ0) is 18.0. The molecule has 0 aromatic heterocycles. The van der Waals surface area contributed by atoms with Gasteiger partial charge in [-0.15, -0.1) is 0 Å². The van der Waals surface area contributed by atoms with Crippen molar-refractivity contribution in [3.8, 4) is 0 Å². The van der Waals surface area contributed by atoms with Crippen LogP contribution >= 0.6 is 11.6 Å². The topological polar surface area (TPSA) is 24.8 Å². The molecule has 1 unspecified atom stereocenters. The molecule has 1 aliphatic rings. The minimum atomic E-state index is -4.39. The first-order chi connectivity index (χ1) is 11.9. The Morgan fingerprint density at radius 2 is 1.92 bits per heavy atom. The molecule has 3 rings (SSSR count). The number of nitrogens with zero attached hydrogens (tertiary/aromatic N) is 2. The lowest BCUT2D eigenvalue weighted by Crippen LogP contribution is -2.26. The van der Waals surface area contributed by atoms with Gasteiger partial charge in [0.2, 0.25) is 0 Å². The predicted molar refractivity (Wildman–Crippen MR) is 92.5 cm³/mol. The Labute approximate surface area is 148 Å². The van der Waals surface area contributed by atoms with Crippen LogP contribution in [-0.4, -0.2) is 18.7 Å². The highest BCUT2D eigenvalue weighted by atomic mass is 35.5. The van der Waals surface area contributed by atoms with Crippen LogP contribution in [0.25, 0.3) is 0 Å².